The molecule has 4 heteroatoms. The number of aromatic nitrogens is 2. The Balaban J connectivity index is 0.000000845. The van der Waals surface area contributed by atoms with Gasteiger partial charge in [-0.3, -0.25) is 0 Å². The van der Waals surface area contributed by atoms with Gasteiger partial charge in [-0.05, 0) is 6.20 Å². The maximum atomic E-state index is 5.45. The molecule has 69 valence electrons. The van der Waals surface area contributed by atoms with Crippen molar-refractivity contribution in [1.82, 2.24) is 9.97 Å². The minimum atomic E-state index is 0. The molecule has 0 amide bonds. The van der Waals surface area contributed by atoms with Gasteiger partial charge in [-0.15, -0.1) is 0 Å². The molecule has 0 spiro atoms. The average molecular weight is 347 g/mol. The van der Waals surface area contributed by atoms with Gasteiger partial charge in [-0.1, -0.05) is 25.3 Å². The van der Waals surface area contributed by atoms with E-state index in [-0.39, 0.29) is 20.4 Å². The van der Waals surface area contributed by atoms with E-state index in [1.165, 1.54) is 6.33 Å². The zero-order valence-electron chi connectivity index (χ0n) is 7.41. The normalized spacial score (nSPS) is 10.4. The van der Waals surface area contributed by atoms with Crippen LogP contribution >= 0.6 is 0 Å². The third-order valence-corrected chi connectivity index (χ3v) is 1.72. The van der Waals surface area contributed by atoms with Crippen molar-refractivity contribution in [3.05, 3.63) is 24.4 Å². The van der Waals surface area contributed by atoms with Crippen LogP contribution < -0.4 is 0 Å². The summed E-state index contributed by atoms with van der Waals surface area (Å²) in [5.74, 6) is 1.31. The number of rotatable bonds is 1. The summed E-state index contributed by atoms with van der Waals surface area (Å²) in [5, 5.41) is 0.848. The maximum absolute atomic E-state index is 5.45. The molecule has 2 aromatic heterocycles. The molecule has 0 saturated carbocycles. The van der Waals surface area contributed by atoms with Gasteiger partial charge >= 0.3 is 0 Å². The van der Waals surface area contributed by atoms with Crippen molar-refractivity contribution in [2.75, 3.05) is 0 Å². The van der Waals surface area contributed by atoms with Crippen molar-refractivity contribution >= 4 is 11.1 Å². The Hall–Kier alpha value is -0.718. The standard InChI is InChI=1S/C9H9N2O.Re/c1-6(2)8-3-7-4-10-5-11-9(7)12-8;/h3,5-6H,1-2H3;/q-1;. The molecule has 2 aromatic rings. The monoisotopic (exact) mass is 348 g/mol. The second kappa shape index (κ2) is 3.99. The Kier molecular flexibility index (Phi) is 3.18. The Morgan fingerprint density at radius 3 is 2.85 bits per heavy atom. The first kappa shape index (κ1) is 10.4. The van der Waals surface area contributed by atoms with Crippen LogP contribution in [-0.2, 0) is 20.4 Å². The van der Waals surface area contributed by atoms with Gasteiger partial charge in [0.1, 0.15) is 5.71 Å². The van der Waals surface area contributed by atoms with Crippen LogP contribution in [0.25, 0.3) is 11.1 Å². The van der Waals surface area contributed by atoms with Crippen LogP contribution in [-0.4, -0.2) is 9.97 Å². The summed E-state index contributed by atoms with van der Waals surface area (Å²) in [6.07, 6.45) is 4.26. The minimum Gasteiger partial charge on any atom is -0.497 e. The predicted molar refractivity (Wildman–Crippen MR) is 44.7 cm³/mol. The summed E-state index contributed by atoms with van der Waals surface area (Å²) in [6.45, 7) is 4.15. The second-order valence-corrected chi connectivity index (χ2v) is 3.01. The van der Waals surface area contributed by atoms with Gasteiger partial charge in [-0.25, -0.2) is 0 Å². The molecule has 13 heavy (non-hydrogen) atoms. The zero-order chi connectivity index (χ0) is 8.55. The molecule has 0 atom stereocenters. The number of furan rings is 1. The fraction of sp³-hybridized carbons (Fsp3) is 0.333. The first-order valence-electron chi connectivity index (χ1n) is 3.89. The molecule has 0 unspecified atom stereocenters. The summed E-state index contributed by atoms with van der Waals surface area (Å²) in [6, 6.07) is 1.93. The Morgan fingerprint density at radius 1 is 1.46 bits per heavy atom. The Labute approximate surface area is 90.2 Å². The average Bonchev–Trinajstić information content (AvgIpc) is 2.46. The molecule has 0 aliphatic carbocycles. The molecule has 0 aliphatic rings. The molecule has 2 rings (SSSR count). The predicted octanol–water partition coefficient (Wildman–Crippen LogP) is 2.14. The maximum Gasteiger partial charge on any atom is 0.133 e. The van der Waals surface area contributed by atoms with Gasteiger partial charge in [0, 0.05) is 32.7 Å². The first-order chi connectivity index (χ1) is 5.77. The van der Waals surface area contributed by atoms with E-state index in [0.29, 0.717) is 11.6 Å². The van der Waals surface area contributed by atoms with Crippen LogP contribution in [0.4, 0.5) is 0 Å². The topological polar surface area (TPSA) is 38.9 Å². The molecule has 1 radical (unpaired) electrons. The molecule has 2 heterocycles. The van der Waals surface area contributed by atoms with Crippen LogP contribution in [0.1, 0.15) is 25.5 Å². The van der Waals surface area contributed by atoms with Crippen molar-refractivity contribution < 1.29 is 24.8 Å². The van der Waals surface area contributed by atoms with Crippen LogP contribution in [0, 0.1) is 6.20 Å². The van der Waals surface area contributed by atoms with Gasteiger partial charge in [0.2, 0.25) is 0 Å². The number of hydrogen-bond donors (Lipinski definition) is 0. The molecular formula is C9H9N2ORe-. The first-order valence-corrected chi connectivity index (χ1v) is 3.89. The zero-order valence-corrected chi connectivity index (χ0v) is 10.1. The van der Waals surface area contributed by atoms with E-state index in [1.807, 2.05) is 6.07 Å². The Morgan fingerprint density at radius 2 is 2.23 bits per heavy atom. The Bertz CT molecular complexity index is 364. The summed E-state index contributed by atoms with van der Waals surface area (Å²) in [5.41, 5.74) is 0.619. The molecule has 0 aromatic carbocycles. The van der Waals surface area contributed by atoms with Gasteiger partial charge in [-0.2, -0.15) is 0 Å². The summed E-state index contributed by atoms with van der Waals surface area (Å²) in [7, 11) is 0. The fourth-order valence-corrected chi connectivity index (χ4v) is 1.04. The van der Waals surface area contributed by atoms with Crippen molar-refractivity contribution in [2.45, 2.75) is 19.8 Å². The van der Waals surface area contributed by atoms with Crippen LogP contribution in [0.15, 0.2) is 16.8 Å². The van der Waals surface area contributed by atoms with E-state index in [2.05, 4.69) is 30.0 Å². The number of fused-ring (bicyclic) bond motifs is 1. The molecule has 0 fully saturated rings. The van der Waals surface area contributed by atoms with E-state index >= 15 is 0 Å². The molecular weight excluding hydrogens is 338 g/mol. The van der Waals surface area contributed by atoms with Crippen LogP contribution in [0.5, 0.6) is 0 Å². The number of hydrogen-bond acceptors (Lipinski definition) is 3. The summed E-state index contributed by atoms with van der Waals surface area (Å²) in [4.78, 5) is 7.76. The largest absolute Gasteiger partial charge is 0.497 e. The second-order valence-electron chi connectivity index (χ2n) is 3.01. The fourth-order valence-electron chi connectivity index (χ4n) is 1.04. The summed E-state index contributed by atoms with van der Waals surface area (Å²) < 4.78 is 5.45. The van der Waals surface area contributed by atoms with E-state index in [0.717, 1.165) is 11.1 Å². The summed E-state index contributed by atoms with van der Waals surface area (Å²) >= 11 is 0. The van der Waals surface area contributed by atoms with Gasteiger partial charge in [0.15, 0.2) is 0 Å². The quantitative estimate of drug-likeness (QED) is 0.742. The van der Waals surface area contributed by atoms with E-state index in [1.54, 1.807) is 0 Å². The van der Waals surface area contributed by atoms with E-state index < -0.39 is 0 Å². The molecule has 0 saturated heterocycles. The van der Waals surface area contributed by atoms with Crippen molar-refractivity contribution in [3.8, 4) is 0 Å². The van der Waals surface area contributed by atoms with Crippen LogP contribution in [0.3, 0.4) is 0 Å². The smallest absolute Gasteiger partial charge is 0.133 e. The third kappa shape index (κ3) is 1.96. The molecule has 3 nitrogen and oxygen atoms in total. The molecule has 0 N–H and O–H groups in total. The minimum absolute atomic E-state index is 0. The van der Waals surface area contributed by atoms with Gasteiger partial charge in [0.25, 0.3) is 0 Å². The van der Waals surface area contributed by atoms with Crippen molar-refractivity contribution in [2.24, 2.45) is 0 Å². The van der Waals surface area contributed by atoms with Crippen LogP contribution in [0.2, 0.25) is 0 Å². The van der Waals surface area contributed by atoms with E-state index in [9.17, 15) is 0 Å². The molecule has 0 aliphatic heterocycles. The third-order valence-electron chi connectivity index (χ3n) is 1.72. The van der Waals surface area contributed by atoms with Gasteiger partial charge in [0.05, 0.1) is 5.76 Å². The number of nitrogens with zero attached hydrogens (tertiary/aromatic N) is 2. The van der Waals surface area contributed by atoms with Crippen molar-refractivity contribution in [3.63, 3.8) is 0 Å². The SMILES string of the molecule is CC(C)c1cc2[c-]ncnc2o1.[Re]. The van der Waals surface area contributed by atoms with Gasteiger partial charge < -0.3 is 14.4 Å². The van der Waals surface area contributed by atoms with Crippen molar-refractivity contribution in [1.29, 1.82) is 0 Å². The van der Waals surface area contributed by atoms with E-state index in [4.69, 9.17) is 4.42 Å². The molecule has 0 bridgehead atoms.